The Balaban J connectivity index is 0. The summed E-state index contributed by atoms with van der Waals surface area (Å²) in [6.07, 6.45) is 1.50. The van der Waals surface area contributed by atoms with Gasteiger partial charge in [0.15, 0.2) is 0 Å². The fourth-order valence-corrected chi connectivity index (χ4v) is 0.759. The molecule has 0 amide bonds. The van der Waals surface area contributed by atoms with Gasteiger partial charge >= 0.3 is 5.97 Å². The third-order valence-corrected chi connectivity index (χ3v) is 1.28. The molecule has 6 nitrogen and oxygen atoms in total. The summed E-state index contributed by atoms with van der Waals surface area (Å²) in [7, 11) is 0. The molecule has 0 unspecified atom stereocenters. The molecule has 6 heteroatoms. The third kappa shape index (κ3) is 16.1. The molecule has 0 aromatic heterocycles. The van der Waals surface area contributed by atoms with Crippen molar-refractivity contribution in [2.75, 3.05) is 0 Å². The predicted octanol–water partition coefficient (Wildman–Crippen LogP) is 1.55. The van der Waals surface area contributed by atoms with E-state index in [1.807, 2.05) is 30.3 Å². The molecule has 0 aliphatic rings. The molecule has 0 aliphatic carbocycles. The Bertz CT molecular complexity index is 366. The number of benzene rings is 1. The van der Waals surface area contributed by atoms with Crippen molar-refractivity contribution >= 4 is 18.1 Å². The van der Waals surface area contributed by atoms with Gasteiger partial charge in [-0.1, -0.05) is 30.3 Å². The zero-order valence-corrected chi connectivity index (χ0v) is 9.23. The fourth-order valence-electron chi connectivity index (χ4n) is 0.759. The Hall–Kier alpha value is -2.55. The average molecular weight is 236 g/mol. The zero-order chi connectivity index (χ0) is 13.5. The van der Waals surface area contributed by atoms with E-state index in [4.69, 9.17) is 25.1 Å². The van der Waals surface area contributed by atoms with Crippen molar-refractivity contribution in [3.8, 4) is 0 Å². The molecule has 0 atom stereocenters. The molecule has 0 spiro atoms. The van der Waals surface area contributed by atoms with E-state index in [-0.39, 0.29) is 5.97 Å². The number of rotatable bonds is 2. The van der Waals surface area contributed by atoms with Crippen LogP contribution in [0.3, 0.4) is 0 Å². The van der Waals surface area contributed by atoms with Gasteiger partial charge in [0, 0.05) is 6.92 Å². The minimum atomic E-state index is -0.242. The minimum absolute atomic E-state index is 0.242. The Morgan fingerprint density at radius 1 is 1.18 bits per heavy atom. The molecule has 0 saturated heterocycles. The summed E-state index contributed by atoms with van der Waals surface area (Å²) in [5.41, 5.74) is 1.02. The largest absolute Gasteiger partial charge is 0.461 e. The third-order valence-electron chi connectivity index (χ3n) is 1.28. The van der Waals surface area contributed by atoms with E-state index in [1.165, 1.54) is 6.92 Å². The summed E-state index contributed by atoms with van der Waals surface area (Å²) in [4.78, 5) is 27.1. The van der Waals surface area contributed by atoms with Gasteiger partial charge in [-0.25, -0.2) is 20.4 Å². The van der Waals surface area contributed by atoms with Gasteiger partial charge in [-0.15, -0.1) is 0 Å². The van der Waals surface area contributed by atoms with E-state index < -0.39 is 0 Å². The second kappa shape index (κ2) is 13.4. The smallest absolute Gasteiger partial charge is 0.302 e. The normalized spacial score (nSPS) is 6.88. The van der Waals surface area contributed by atoms with Crippen LogP contribution in [-0.4, -0.2) is 18.1 Å². The second-order valence-corrected chi connectivity index (χ2v) is 2.47. The standard InChI is InChI=1S/C9H10O2.2CHNO/c1-8(10)11-7-9-5-3-2-4-6-9;2*2-1-3/h2-6H,7H2,1H3;2*2H. The van der Waals surface area contributed by atoms with Crippen molar-refractivity contribution < 1.29 is 19.1 Å². The summed E-state index contributed by atoms with van der Waals surface area (Å²) >= 11 is 0. The first-order valence-corrected chi connectivity index (χ1v) is 4.37. The van der Waals surface area contributed by atoms with Crippen LogP contribution in [0.25, 0.3) is 0 Å². The summed E-state index contributed by atoms with van der Waals surface area (Å²) in [5, 5.41) is 10.8. The van der Waals surface area contributed by atoms with E-state index in [1.54, 1.807) is 0 Å². The van der Waals surface area contributed by atoms with Gasteiger partial charge in [0.05, 0.1) is 0 Å². The van der Waals surface area contributed by atoms with Crippen LogP contribution in [0.2, 0.25) is 0 Å². The van der Waals surface area contributed by atoms with E-state index in [0.717, 1.165) is 17.7 Å². The molecule has 0 radical (unpaired) electrons. The monoisotopic (exact) mass is 236 g/mol. The van der Waals surface area contributed by atoms with Crippen LogP contribution in [-0.2, 0) is 25.7 Å². The lowest BCUT2D eigenvalue weighted by atomic mass is 10.2. The SMILES string of the molecule is CC(=O)OCc1ccccc1.N=C=O.N=C=O. The molecule has 0 bridgehead atoms. The quantitative estimate of drug-likeness (QED) is 0.461. The molecule has 0 fully saturated rings. The first-order valence-electron chi connectivity index (χ1n) is 4.37. The summed E-state index contributed by atoms with van der Waals surface area (Å²) in [6.45, 7) is 1.78. The molecular formula is C11H12N2O4. The summed E-state index contributed by atoms with van der Waals surface area (Å²) < 4.78 is 4.79. The van der Waals surface area contributed by atoms with Gasteiger partial charge in [0.2, 0.25) is 12.2 Å². The number of hydrogen-bond donors (Lipinski definition) is 2. The van der Waals surface area contributed by atoms with Gasteiger partial charge in [-0.2, -0.15) is 0 Å². The van der Waals surface area contributed by atoms with Crippen LogP contribution in [0.1, 0.15) is 12.5 Å². The highest BCUT2D eigenvalue weighted by molar-refractivity contribution is 5.65. The number of ether oxygens (including phenoxy) is 1. The van der Waals surface area contributed by atoms with E-state index in [9.17, 15) is 4.79 Å². The molecule has 17 heavy (non-hydrogen) atoms. The van der Waals surface area contributed by atoms with Crippen molar-refractivity contribution in [3.63, 3.8) is 0 Å². The van der Waals surface area contributed by atoms with Crippen molar-refractivity contribution in [1.82, 2.24) is 0 Å². The number of nitrogens with one attached hydrogen (secondary N) is 2. The van der Waals surface area contributed by atoms with Crippen LogP contribution in [0.15, 0.2) is 30.3 Å². The van der Waals surface area contributed by atoms with Crippen LogP contribution in [0, 0.1) is 10.8 Å². The molecule has 0 saturated carbocycles. The number of hydrogen-bond acceptors (Lipinski definition) is 6. The van der Waals surface area contributed by atoms with Crippen molar-refractivity contribution in [2.24, 2.45) is 0 Å². The molecule has 2 N–H and O–H groups in total. The van der Waals surface area contributed by atoms with E-state index in [0.29, 0.717) is 6.61 Å². The topological polar surface area (TPSA) is 108 Å². The number of carbonyl (C=O) groups excluding carboxylic acids is 3. The van der Waals surface area contributed by atoms with Crippen molar-refractivity contribution in [2.45, 2.75) is 13.5 Å². The lowest BCUT2D eigenvalue weighted by Gasteiger charge is -1.99. The Kier molecular flexibility index (Phi) is 13.3. The zero-order valence-electron chi connectivity index (χ0n) is 9.23. The highest BCUT2D eigenvalue weighted by Crippen LogP contribution is 1.99. The Labute approximate surface area is 98.2 Å². The van der Waals surface area contributed by atoms with Crippen molar-refractivity contribution in [3.05, 3.63) is 35.9 Å². The molecule has 0 aliphatic heterocycles. The van der Waals surface area contributed by atoms with Gasteiger partial charge in [0.25, 0.3) is 0 Å². The van der Waals surface area contributed by atoms with Crippen LogP contribution < -0.4 is 0 Å². The van der Waals surface area contributed by atoms with Gasteiger partial charge in [0.1, 0.15) is 6.61 Å². The minimum Gasteiger partial charge on any atom is -0.461 e. The van der Waals surface area contributed by atoms with Gasteiger partial charge in [-0.3, -0.25) is 4.79 Å². The van der Waals surface area contributed by atoms with Crippen LogP contribution in [0.4, 0.5) is 0 Å². The average Bonchev–Trinajstić information content (AvgIpc) is 2.30. The molecular weight excluding hydrogens is 224 g/mol. The first-order chi connectivity index (χ1) is 8.12. The lowest BCUT2D eigenvalue weighted by Crippen LogP contribution is -1.97. The van der Waals surface area contributed by atoms with E-state index in [2.05, 4.69) is 0 Å². The Morgan fingerprint density at radius 2 is 1.59 bits per heavy atom. The Morgan fingerprint density at radius 3 is 1.94 bits per heavy atom. The number of carbonyl (C=O) groups is 1. The maximum absolute atomic E-state index is 10.4. The highest BCUT2D eigenvalue weighted by atomic mass is 16.5. The van der Waals surface area contributed by atoms with Gasteiger partial charge in [-0.05, 0) is 5.56 Å². The van der Waals surface area contributed by atoms with Crippen LogP contribution >= 0.6 is 0 Å². The second-order valence-electron chi connectivity index (χ2n) is 2.47. The maximum atomic E-state index is 10.4. The van der Waals surface area contributed by atoms with E-state index >= 15 is 0 Å². The molecule has 0 heterocycles. The molecule has 90 valence electrons. The summed E-state index contributed by atoms with van der Waals surface area (Å²) in [6, 6.07) is 9.60. The first kappa shape index (κ1) is 16.9. The predicted molar refractivity (Wildman–Crippen MR) is 58.7 cm³/mol. The van der Waals surface area contributed by atoms with Crippen LogP contribution in [0.5, 0.6) is 0 Å². The molecule has 1 aromatic carbocycles. The number of esters is 1. The fraction of sp³-hybridized carbons (Fsp3) is 0.182. The maximum Gasteiger partial charge on any atom is 0.302 e. The van der Waals surface area contributed by atoms with Crippen molar-refractivity contribution in [1.29, 1.82) is 10.8 Å². The molecule has 1 aromatic rings. The highest BCUT2D eigenvalue weighted by Gasteiger charge is 1.93. The summed E-state index contributed by atoms with van der Waals surface area (Å²) in [5.74, 6) is -0.242. The lowest BCUT2D eigenvalue weighted by molar-refractivity contribution is -0.142. The van der Waals surface area contributed by atoms with Gasteiger partial charge < -0.3 is 4.74 Å². The number of isocyanates is 2. The molecule has 1 rings (SSSR count).